The zero-order chi connectivity index (χ0) is 6.85. The van der Waals surface area contributed by atoms with Crippen LogP contribution in [0.15, 0.2) is 0 Å². The number of rotatable bonds is 1. The topological polar surface area (TPSA) is 29.3 Å². The van der Waals surface area contributed by atoms with E-state index in [2.05, 4.69) is 18.9 Å². The van der Waals surface area contributed by atoms with Gasteiger partial charge in [0, 0.05) is 12.6 Å². The van der Waals surface area contributed by atoms with E-state index in [1.165, 1.54) is 19.5 Å². The molecule has 54 valence electrons. The van der Waals surface area contributed by atoms with Crippen LogP contribution in [0.3, 0.4) is 0 Å². The molecule has 1 aliphatic rings. The smallest absolute Gasteiger partial charge is 0.00514 e. The molecular formula is C7H16N2. The van der Waals surface area contributed by atoms with Crippen LogP contribution in [0.2, 0.25) is 0 Å². The van der Waals surface area contributed by atoms with Crippen molar-refractivity contribution in [3.8, 4) is 0 Å². The normalized spacial score (nSPS) is 33.0. The minimum Gasteiger partial charge on any atom is -0.328 e. The highest BCUT2D eigenvalue weighted by Gasteiger charge is 2.21. The van der Waals surface area contributed by atoms with Gasteiger partial charge in [-0.1, -0.05) is 0 Å². The molecule has 2 heteroatoms. The van der Waals surface area contributed by atoms with Crippen LogP contribution >= 0.6 is 0 Å². The second kappa shape index (κ2) is 2.67. The molecule has 0 amide bonds. The molecule has 1 rings (SSSR count). The summed E-state index contributed by atoms with van der Waals surface area (Å²) >= 11 is 0. The zero-order valence-corrected chi connectivity index (χ0v) is 6.30. The van der Waals surface area contributed by atoms with Crippen LogP contribution in [-0.2, 0) is 0 Å². The summed E-state index contributed by atoms with van der Waals surface area (Å²) in [5, 5.41) is 0. The van der Waals surface area contributed by atoms with Gasteiger partial charge in [0.2, 0.25) is 0 Å². The molecule has 1 aliphatic heterocycles. The SMILES string of the molecule is CC(N)[C@@H]1CCN(C)C1. The van der Waals surface area contributed by atoms with Crippen molar-refractivity contribution in [3.63, 3.8) is 0 Å². The van der Waals surface area contributed by atoms with Gasteiger partial charge in [-0.05, 0) is 32.9 Å². The lowest BCUT2D eigenvalue weighted by atomic mass is 10.0. The molecule has 1 fully saturated rings. The fourth-order valence-corrected chi connectivity index (χ4v) is 1.40. The highest BCUT2D eigenvalue weighted by Crippen LogP contribution is 2.15. The fraction of sp³-hybridized carbons (Fsp3) is 1.00. The fourth-order valence-electron chi connectivity index (χ4n) is 1.40. The van der Waals surface area contributed by atoms with Crippen molar-refractivity contribution in [2.45, 2.75) is 19.4 Å². The minimum atomic E-state index is 0.384. The van der Waals surface area contributed by atoms with E-state index in [1.54, 1.807) is 0 Å². The molecular weight excluding hydrogens is 112 g/mol. The molecule has 1 unspecified atom stereocenters. The Morgan fingerprint density at radius 2 is 2.33 bits per heavy atom. The largest absolute Gasteiger partial charge is 0.328 e. The van der Waals surface area contributed by atoms with Crippen molar-refractivity contribution in [3.05, 3.63) is 0 Å². The Morgan fingerprint density at radius 3 is 2.56 bits per heavy atom. The van der Waals surface area contributed by atoms with Crippen molar-refractivity contribution in [1.82, 2.24) is 4.90 Å². The molecule has 1 heterocycles. The molecule has 2 nitrogen and oxygen atoms in total. The molecule has 0 saturated carbocycles. The van der Waals surface area contributed by atoms with E-state index in [0.717, 1.165) is 5.92 Å². The Labute approximate surface area is 57.0 Å². The highest BCUT2D eigenvalue weighted by molar-refractivity contribution is 4.78. The number of likely N-dealkylation sites (tertiary alicyclic amines) is 1. The lowest BCUT2D eigenvalue weighted by Crippen LogP contribution is -2.28. The van der Waals surface area contributed by atoms with E-state index in [4.69, 9.17) is 5.73 Å². The average molecular weight is 128 g/mol. The Bertz CT molecular complexity index is 90.9. The van der Waals surface area contributed by atoms with E-state index >= 15 is 0 Å². The van der Waals surface area contributed by atoms with Crippen molar-refractivity contribution in [1.29, 1.82) is 0 Å². The Balaban J connectivity index is 2.30. The van der Waals surface area contributed by atoms with E-state index in [1.807, 2.05) is 0 Å². The third-order valence-electron chi connectivity index (χ3n) is 2.17. The third kappa shape index (κ3) is 1.66. The van der Waals surface area contributed by atoms with Gasteiger partial charge in [-0.3, -0.25) is 0 Å². The van der Waals surface area contributed by atoms with E-state index in [0.29, 0.717) is 6.04 Å². The van der Waals surface area contributed by atoms with Crippen molar-refractivity contribution in [2.75, 3.05) is 20.1 Å². The van der Waals surface area contributed by atoms with Gasteiger partial charge in [-0.15, -0.1) is 0 Å². The van der Waals surface area contributed by atoms with Gasteiger partial charge in [-0.2, -0.15) is 0 Å². The number of hydrogen-bond donors (Lipinski definition) is 1. The van der Waals surface area contributed by atoms with Crippen LogP contribution < -0.4 is 5.73 Å². The molecule has 0 aliphatic carbocycles. The molecule has 0 spiro atoms. The van der Waals surface area contributed by atoms with Gasteiger partial charge in [0.25, 0.3) is 0 Å². The zero-order valence-electron chi connectivity index (χ0n) is 6.30. The summed E-state index contributed by atoms with van der Waals surface area (Å²) in [5.74, 6) is 0.745. The van der Waals surface area contributed by atoms with Crippen molar-refractivity contribution < 1.29 is 0 Å². The van der Waals surface area contributed by atoms with Gasteiger partial charge in [0.05, 0.1) is 0 Å². The molecule has 0 aromatic heterocycles. The van der Waals surface area contributed by atoms with Gasteiger partial charge < -0.3 is 10.6 Å². The first-order chi connectivity index (χ1) is 4.20. The number of nitrogens with zero attached hydrogens (tertiary/aromatic N) is 1. The standard InChI is InChI=1S/C7H16N2/c1-6(8)7-3-4-9(2)5-7/h6-7H,3-5,8H2,1-2H3/t6?,7-/m1/s1. The molecule has 2 N–H and O–H groups in total. The van der Waals surface area contributed by atoms with E-state index < -0.39 is 0 Å². The second-order valence-corrected chi connectivity index (χ2v) is 3.17. The summed E-state index contributed by atoms with van der Waals surface area (Å²) < 4.78 is 0. The third-order valence-corrected chi connectivity index (χ3v) is 2.17. The molecule has 0 aromatic rings. The summed E-state index contributed by atoms with van der Waals surface area (Å²) in [4.78, 5) is 2.34. The maximum absolute atomic E-state index is 5.73. The first kappa shape index (κ1) is 7.03. The van der Waals surface area contributed by atoms with Crippen LogP contribution in [0.25, 0.3) is 0 Å². The summed E-state index contributed by atoms with van der Waals surface area (Å²) in [6, 6.07) is 0.384. The number of hydrogen-bond acceptors (Lipinski definition) is 2. The molecule has 1 saturated heterocycles. The Kier molecular flexibility index (Phi) is 2.09. The molecule has 9 heavy (non-hydrogen) atoms. The summed E-state index contributed by atoms with van der Waals surface area (Å²) in [6.07, 6.45) is 1.29. The number of nitrogens with two attached hydrogens (primary N) is 1. The average Bonchev–Trinajstić information content (AvgIpc) is 2.14. The lowest BCUT2D eigenvalue weighted by Gasteiger charge is -2.13. The maximum atomic E-state index is 5.73. The van der Waals surface area contributed by atoms with Crippen LogP contribution in [0.1, 0.15) is 13.3 Å². The molecule has 0 aromatic carbocycles. The molecule has 0 radical (unpaired) electrons. The van der Waals surface area contributed by atoms with Gasteiger partial charge in [-0.25, -0.2) is 0 Å². The van der Waals surface area contributed by atoms with E-state index in [9.17, 15) is 0 Å². The molecule has 2 atom stereocenters. The lowest BCUT2D eigenvalue weighted by molar-refractivity contribution is 0.377. The summed E-state index contributed by atoms with van der Waals surface area (Å²) in [7, 11) is 2.16. The first-order valence-electron chi connectivity index (χ1n) is 3.64. The molecule has 0 bridgehead atoms. The van der Waals surface area contributed by atoms with Crippen molar-refractivity contribution >= 4 is 0 Å². The Morgan fingerprint density at radius 1 is 1.67 bits per heavy atom. The summed E-state index contributed by atoms with van der Waals surface area (Å²) in [5.41, 5.74) is 5.73. The van der Waals surface area contributed by atoms with Gasteiger partial charge in [0.1, 0.15) is 0 Å². The first-order valence-corrected chi connectivity index (χ1v) is 3.64. The van der Waals surface area contributed by atoms with Crippen LogP contribution in [0.5, 0.6) is 0 Å². The predicted octanol–water partition coefficient (Wildman–Crippen LogP) is 0.285. The monoisotopic (exact) mass is 128 g/mol. The minimum absolute atomic E-state index is 0.384. The van der Waals surface area contributed by atoms with Crippen LogP contribution in [-0.4, -0.2) is 31.1 Å². The quantitative estimate of drug-likeness (QED) is 0.550. The summed E-state index contributed by atoms with van der Waals surface area (Å²) in [6.45, 7) is 4.52. The van der Waals surface area contributed by atoms with Crippen LogP contribution in [0, 0.1) is 5.92 Å². The van der Waals surface area contributed by atoms with Crippen LogP contribution in [0.4, 0.5) is 0 Å². The predicted molar refractivity (Wildman–Crippen MR) is 39.3 cm³/mol. The van der Waals surface area contributed by atoms with Crippen molar-refractivity contribution in [2.24, 2.45) is 11.7 Å². The highest BCUT2D eigenvalue weighted by atomic mass is 15.1. The van der Waals surface area contributed by atoms with Gasteiger partial charge in [0.15, 0.2) is 0 Å². The maximum Gasteiger partial charge on any atom is 0.00514 e. The Hall–Kier alpha value is -0.0800. The second-order valence-electron chi connectivity index (χ2n) is 3.17. The van der Waals surface area contributed by atoms with Gasteiger partial charge >= 0.3 is 0 Å². The van der Waals surface area contributed by atoms with E-state index in [-0.39, 0.29) is 0 Å².